The molecule has 112 valence electrons. The Bertz CT molecular complexity index is 298. The number of carbonyl (C=O) groups is 1. The summed E-state index contributed by atoms with van der Waals surface area (Å²) in [5.41, 5.74) is 6.07. The lowest BCUT2D eigenvalue weighted by molar-refractivity contribution is -0.143. The largest absolute Gasteiger partial charge is 0.517 e. The second-order valence-electron chi connectivity index (χ2n) is 4.40. The van der Waals surface area contributed by atoms with Crippen LogP contribution in [0.1, 0.15) is 26.7 Å². The van der Waals surface area contributed by atoms with Gasteiger partial charge in [-0.25, -0.2) is 4.79 Å². The zero-order chi connectivity index (χ0) is 15.1. The molecule has 0 radical (unpaired) electrons. The molecule has 0 aliphatic rings. The summed E-state index contributed by atoms with van der Waals surface area (Å²) in [7, 11) is 1.72. The van der Waals surface area contributed by atoms with Crippen molar-refractivity contribution in [1.29, 1.82) is 0 Å². The van der Waals surface area contributed by atoms with Crippen LogP contribution in [0.5, 0.6) is 0 Å². The van der Waals surface area contributed by atoms with Gasteiger partial charge in [0.25, 0.3) is 0 Å². The highest BCUT2D eigenvalue weighted by Crippen LogP contribution is 2.16. The van der Waals surface area contributed by atoms with E-state index in [4.69, 9.17) is 23.7 Å². The van der Waals surface area contributed by atoms with E-state index < -0.39 is 14.8 Å². The Kier molecular flexibility index (Phi) is 8.11. The van der Waals surface area contributed by atoms with Crippen molar-refractivity contribution >= 4 is 14.8 Å². The van der Waals surface area contributed by atoms with Crippen LogP contribution in [0.15, 0.2) is 12.2 Å². The molecule has 0 saturated carbocycles. The number of nitrogens with two attached hydrogens (primary N) is 1. The fourth-order valence-electron chi connectivity index (χ4n) is 1.64. The summed E-state index contributed by atoms with van der Waals surface area (Å²) < 4.78 is 21.1. The first-order valence-corrected chi connectivity index (χ1v) is 7.90. The molecule has 19 heavy (non-hydrogen) atoms. The summed E-state index contributed by atoms with van der Waals surface area (Å²) in [5, 5.41) is 0. The number of esters is 1. The Labute approximate surface area is 116 Å². The van der Waals surface area contributed by atoms with E-state index in [-0.39, 0.29) is 11.8 Å². The molecule has 0 heterocycles. The first-order chi connectivity index (χ1) is 8.82. The normalized spacial score (nSPS) is 14.8. The van der Waals surface area contributed by atoms with E-state index in [1.165, 1.54) is 21.3 Å². The highest BCUT2D eigenvalue weighted by molar-refractivity contribution is 6.62. The lowest BCUT2D eigenvalue weighted by atomic mass is 10.2. The van der Waals surface area contributed by atoms with Crippen molar-refractivity contribution in [2.75, 3.05) is 21.3 Å². The van der Waals surface area contributed by atoms with E-state index in [2.05, 4.69) is 6.58 Å². The molecule has 0 aromatic heterocycles. The summed E-state index contributed by atoms with van der Waals surface area (Å²) in [6, 6.07) is 0. The molecule has 0 bridgehead atoms. The van der Waals surface area contributed by atoms with E-state index in [0.717, 1.165) is 0 Å². The zero-order valence-electron chi connectivity index (χ0n) is 12.4. The molecule has 2 atom stereocenters. The van der Waals surface area contributed by atoms with Gasteiger partial charge in [-0.15, -0.1) is 0 Å². The molecule has 7 heteroatoms. The third-order valence-corrected chi connectivity index (χ3v) is 5.75. The summed E-state index contributed by atoms with van der Waals surface area (Å²) >= 11 is 0. The first-order valence-electron chi connectivity index (χ1n) is 6.10. The quantitative estimate of drug-likeness (QED) is 0.388. The summed E-state index contributed by atoms with van der Waals surface area (Å²) in [4.78, 5) is 11.3. The number of ether oxygens (including phenoxy) is 1. The SMILES string of the molecule is C=C(C)C(=O)OC(C)CCC(N)[Si](OC)(OC)OC. The average Bonchev–Trinajstić information content (AvgIpc) is 2.38. The maximum atomic E-state index is 11.3. The van der Waals surface area contributed by atoms with Crippen molar-refractivity contribution < 1.29 is 22.8 Å². The highest BCUT2D eigenvalue weighted by atomic mass is 28.4. The van der Waals surface area contributed by atoms with Gasteiger partial charge in [0.05, 0.1) is 11.8 Å². The molecule has 0 saturated heterocycles. The van der Waals surface area contributed by atoms with Crippen LogP contribution in [0, 0.1) is 0 Å². The van der Waals surface area contributed by atoms with E-state index in [1.54, 1.807) is 6.92 Å². The van der Waals surface area contributed by atoms with Gasteiger partial charge in [-0.05, 0) is 26.7 Å². The van der Waals surface area contributed by atoms with Crippen LogP contribution in [0.4, 0.5) is 0 Å². The van der Waals surface area contributed by atoms with Crippen LogP contribution < -0.4 is 5.73 Å². The molecule has 0 amide bonds. The number of rotatable bonds is 9. The number of hydrogen-bond donors (Lipinski definition) is 1. The number of carbonyl (C=O) groups excluding carboxylic acids is 1. The molecule has 0 fully saturated rings. The Morgan fingerprint density at radius 1 is 1.21 bits per heavy atom. The molecule has 0 aromatic carbocycles. The molecular weight excluding hydrogens is 266 g/mol. The first kappa shape index (κ1) is 18.3. The van der Waals surface area contributed by atoms with Gasteiger partial charge in [-0.3, -0.25) is 0 Å². The van der Waals surface area contributed by atoms with Gasteiger partial charge in [0.2, 0.25) is 0 Å². The molecule has 0 rings (SSSR count). The van der Waals surface area contributed by atoms with Crippen molar-refractivity contribution in [3.05, 3.63) is 12.2 Å². The molecular formula is C12H25NO5Si. The minimum absolute atomic E-state index is 0.243. The third kappa shape index (κ3) is 5.41. The lowest BCUT2D eigenvalue weighted by Gasteiger charge is -2.30. The standard InChI is InChI=1S/C12H25NO5Si/c1-9(2)12(14)18-10(3)7-8-11(13)19(15-4,16-5)17-6/h10-11H,1,7-8,13H2,2-6H3. The van der Waals surface area contributed by atoms with Crippen LogP contribution in [-0.2, 0) is 22.8 Å². The van der Waals surface area contributed by atoms with Gasteiger partial charge in [0.1, 0.15) is 0 Å². The fraction of sp³-hybridized carbons (Fsp3) is 0.750. The molecule has 2 N–H and O–H groups in total. The van der Waals surface area contributed by atoms with Crippen molar-refractivity contribution in [1.82, 2.24) is 0 Å². The maximum absolute atomic E-state index is 11.3. The minimum Gasteiger partial charge on any atom is -0.459 e. The molecule has 0 aliphatic carbocycles. The van der Waals surface area contributed by atoms with Gasteiger partial charge < -0.3 is 23.7 Å². The predicted octanol–water partition coefficient (Wildman–Crippen LogP) is 1.02. The third-order valence-electron chi connectivity index (χ3n) is 2.85. The monoisotopic (exact) mass is 291 g/mol. The second kappa shape index (κ2) is 8.44. The molecule has 0 spiro atoms. The maximum Gasteiger partial charge on any atom is 0.517 e. The molecule has 0 aromatic rings. The topological polar surface area (TPSA) is 80.0 Å². The lowest BCUT2D eigenvalue weighted by Crippen LogP contribution is -2.58. The van der Waals surface area contributed by atoms with Crippen molar-refractivity contribution in [3.63, 3.8) is 0 Å². The van der Waals surface area contributed by atoms with E-state index in [9.17, 15) is 4.79 Å². The van der Waals surface area contributed by atoms with Gasteiger partial charge in [-0.1, -0.05) is 6.58 Å². The smallest absolute Gasteiger partial charge is 0.459 e. The van der Waals surface area contributed by atoms with Gasteiger partial charge in [0, 0.05) is 26.9 Å². The second-order valence-corrected chi connectivity index (χ2v) is 7.57. The Balaban J connectivity index is 4.31. The zero-order valence-corrected chi connectivity index (χ0v) is 13.4. The van der Waals surface area contributed by atoms with Crippen LogP contribution in [0.3, 0.4) is 0 Å². The van der Waals surface area contributed by atoms with Gasteiger partial charge >= 0.3 is 14.8 Å². The van der Waals surface area contributed by atoms with Crippen molar-refractivity contribution in [2.45, 2.75) is 38.5 Å². The highest BCUT2D eigenvalue weighted by Gasteiger charge is 2.45. The molecule has 0 aliphatic heterocycles. The fourth-order valence-corrected chi connectivity index (χ4v) is 3.57. The van der Waals surface area contributed by atoms with Crippen LogP contribution >= 0.6 is 0 Å². The van der Waals surface area contributed by atoms with Gasteiger partial charge in [0.15, 0.2) is 0 Å². The van der Waals surface area contributed by atoms with Crippen LogP contribution in [0.2, 0.25) is 0 Å². The van der Waals surface area contributed by atoms with Crippen molar-refractivity contribution in [3.8, 4) is 0 Å². The van der Waals surface area contributed by atoms with Gasteiger partial charge in [-0.2, -0.15) is 0 Å². The summed E-state index contributed by atoms with van der Waals surface area (Å²) in [6.45, 7) is 6.95. The minimum atomic E-state index is -2.83. The van der Waals surface area contributed by atoms with Crippen LogP contribution in [-0.4, -0.2) is 47.9 Å². The molecule has 6 nitrogen and oxygen atoms in total. The van der Waals surface area contributed by atoms with E-state index >= 15 is 0 Å². The Morgan fingerprint density at radius 3 is 2.05 bits per heavy atom. The van der Waals surface area contributed by atoms with E-state index in [0.29, 0.717) is 18.4 Å². The molecule has 2 unspecified atom stereocenters. The van der Waals surface area contributed by atoms with Crippen molar-refractivity contribution in [2.24, 2.45) is 5.73 Å². The summed E-state index contributed by atoms with van der Waals surface area (Å²) in [6.07, 6.45) is 0.935. The summed E-state index contributed by atoms with van der Waals surface area (Å²) in [5.74, 6) is -0.394. The van der Waals surface area contributed by atoms with E-state index in [1.807, 2.05) is 6.92 Å². The Hall–Kier alpha value is -0.733. The van der Waals surface area contributed by atoms with Crippen LogP contribution in [0.25, 0.3) is 0 Å². The average molecular weight is 291 g/mol. The predicted molar refractivity (Wildman–Crippen MR) is 74.4 cm³/mol. The number of hydrogen-bond acceptors (Lipinski definition) is 6. The Morgan fingerprint density at radius 2 is 1.68 bits per heavy atom.